The Labute approximate surface area is 103 Å². The standard InChI is InChI=1S/C15H21NO/c1-10(8-12-6-7-12)16-11(2)9-13-14(16)4-3-5-15(13)17/h9-10,12H,3-8H2,1-2H3. The van der Waals surface area contributed by atoms with Crippen LogP contribution in [0.25, 0.3) is 0 Å². The van der Waals surface area contributed by atoms with Gasteiger partial charge in [0.25, 0.3) is 0 Å². The highest BCUT2D eigenvalue weighted by Gasteiger charge is 2.28. The number of rotatable bonds is 3. The summed E-state index contributed by atoms with van der Waals surface area (Å²) in [5.41, 5.74) is 3.60. The summed E-state index contributed by atoms with van der Waals surface area (Å²) in [6.45, 7) is 4.46. The van der Waals surface area contributed by atoms with Crippen molar-refractivity contribution in [3.63, 3.8) is 0 Å². The van der Waals surface area contributed by atoms with Gasteiger partial charge < -0.3 is 4.57 Å². The van der Waals surface area contributed by atoms with E-state index in [2.05, 4.69) is 24.5 Å². The van der Waals surface area contributed by atoms with Crippen LogP contribution in [0, 0.1) is 12.8 Å². The van der Waals surface area contributed by atoms with Crippen molar-refractivity contribution in [1.82, 2.24) is 4.57 Å². The van der Waals surface area contributed by atoms with Gasteiger partial charge in [0, 0.05) is 29.4 Å². The van der Waals surface area contributed by atoms with Crippen LogP contribution in [0.2, 0.25) is 0 Å². The molecule has 0 aliphatic heterocycles. The van der Waals surface area contributed by atoms with E-state index in [1.807, 2.05) is 0 Å². The van der Waals surface area contributed by atoms with Crippen molar-refractivity contribution in [2.75, 3.05) is 0 Å². The van der Waals surface area contributed by atoms with E-state index < -0.39 is 0 Å². The Kier molecular flexibility index (Phi) is 2.61. The molecule has 0 saturated heterocycles. The van der Waals surface area contributed by atoms with E-state index >= 15 is 0 Å². The molecule has 0 aromatic carbocycles. The van der Waals surface area contributed by atoms with Crippen LogP contribution in [0.3, 0.4) is 0 Å². The first-order valence-electron chi connectivity index (χ1n) is 6.90. The number of Topliss-reactive ketones (excluding diaryl/α,β-unsaturated/α-hetero) is 1. The maximum atomic E-state index is 11.9. The SMILES string of the molecule is Cc1cc2c(n1C(C)CC1CC1)CCCC2=O. The zero-order chi connectivity index (χ0) is 12.0. The summed E-state index contributed by atoms with van der Waals surface area (Å²) in [5, 5.41) is 0. The van der Waals surface area contributed by atoms with Gasteiger partial charge in [-0.15, -0.1) is 0 Å². The molecule has 17 heavy (non-hydrogen) atoms. The molecule has 3 rings (SSSR count). The summed E-state index contributed by atoms with van der Waals surface area (Å²) in [6, 6.07) is 2.68. The molecule has 1 aromatic heterocycles. The van der Waals surface area contributed by atoms with Gasteiger partial charge in [0.2, 0.25) is 0 Å². The lowest BCUT2D eigenvalue weighted by Gasteiger charge is -2.22. The largest absolute Gasteiger partial charge is 0.345 e. The molecule has 0 bridgehead atoms. The lowest BCUT2D eigenvalue weighted by atomic mass is 9.96. The summed E-state index contributed by atoms with van der Waals surface area (Å²) in [7, 11) is 0. The molecule has 0 radical (unpaired) electrons. The Morgan fingerprint density at radius 1 is 1.41 bits per heavy atom. The Hall–Kier alpha value is -1.05. The fraction of sp³-hybridized carbons (Fsp3) is 0.667. The van der Waals surface area contributed by atoms with Gasteiger partial charge >= 0.3 is 0 Å². The highest BCUT2D eigenvalue weighted by molar-refractivity contribution is 5.98. The topological polar surface area (TPSA) is 22.0 Å². The van der Waals surface area contributed by atoms with Crippen molar-refractivity contribution in [3.8, 4) is 0 Å². The summed E-state index contributed by atoms with van der Waals surface area (Å²) in [6.07, 6.45) is 6.97. The molecule has 92 valence electrons. The minimum absolute atomic E-state index is 0.353. The summed E-state index contributed by atoms with van der Waals surface area (Å²) < 4.78 is 2.44. The second-order valence-electron chi connectivity index (χ2n) is 5.82. The number of carbonyl (C=O) groups excluding carboxylic acids is 1. The molecule has 1 unspecified atom stereocenters. The average molecular weight is 231 g/mol. The molecule has 2 heteroatoms. The van der Waals surface area contributed by atoms with Crippen LogP contribution in [-0.4, -0.2) is 10.4 Å². The summed E-state index contributed by atoms with van der Waals surface area (Å²) in [5.74, 6) is 1.30. The molecule has 1 saturated carbocycles. The predicted molar refractivity (Wildman–Crippen MR) is 68.5 cm³/mol. The molecule has 1 fully saturated rings. The Bertz CT molecular complexity index is 454. The molecule has 2 aliphatic carbocycles. The van der Waals surface area contributed by atoms with Crippen LogP contribution in [0.1, 0.15) is 66.8 Å². The van der Waals surface area contributed by atoms with Crippen LogP contribution in [0.5, 0.6) is 0 Å². The third kappa shape index (κ3) is 1.94. The van der Waals surface area contributed by atoms with Crippen molar-refractivity contribution < 1.29 is 4.79 Å². The van der Waals surface area contributed by atoms with Gasteiger partial charge in [-0.3, -0.25) is 4.79 Å². The minimum atomic E-state index is 0.353. The smallest absolute Gasteiger partial charge is 0.164 e. The average Bonchev–Trinajstić information content (AvgIpc) is 3.00. The first-order valence-corrected chi connectivity index (χ1v) is 6.90. The van der Waals surface area contributed by atoms with Crippen molar-refractivity contribution in [3.05, 3.63) is 23.0 Å². The maximum absolute atomic E-state index is 11.9. The maximum Gasteiger partial charge on any atom is 0.164 e. The highest BCUT2D eigenvalue weighted by Crippen LogP contribution is 2.38. The molecule has 1 aromatic rings. The lowest BCUT2D eigenvalue weighted by Crippen LogP contribution is -2.16. The first-order chi connectivity index (χ1) is 8.16. The number of ketones is 1. The van der Waals surface area contributed by atoms with Crippen LogP contribution < -0.4 is 0 Å². The lowest BCUT2D eigenvalue weighted by molar-refractivity contribution is 0.0971. The molecular formula is C15H21NO. The van der Waals surface area contributed by atoms with E-state index in [1.165, 1.54) is 30.7 Å². The second kappa shape index (κ2) is 4.01. The number of aromatic nitrogens is 1. The van der Waals surface area contributed by atoms with E-state index in [4.69, 9.17) is 0 Å². The second-order valence-corrected chi connectivity index (χ2v) is 5.82. The number of fused-ring (bicyclic) bond motifs is 1. The summed E-state index contributed by atoms with van der Waals surface area (Å²) in [4.78, 5) is 11.9. The molecule has 2 nitrogen and oxygen atoms in total. The zero-order valence-electron chi connectivity index (χ0n) is 10.8. The van der Waals surface area contributed by atoms with Crippen molar-refractivity contribution in [1.29, 1.82) is 0 Å². The normalized spacial score (nSPS) is 21.4. The Morgan fingerprint density at radius 3 is 2.88 bits per heavy atom. The first kappa shape index (κ1) is 11.1. The molecule has 2 aliphatic rings. The number of nitrogens with zero attached hydrogens (tertiary/aromatic N) is 1. The Morgan fingerprint density at radius 2 is 2.18 bits per heavy atom. The third-order valence-electron chi connectivity index (χ3n) is 4.26. The molecular weight excluding hydrogens is 210 g/mol. The minimum Gasteiger partial charge on any atom is -0.345 e. The van der Waals surface area contributed by atoms with Crippen LogP contribution in [0.15, 0.2) is 6.07 Å². The Balaban J connectivity index is 1.94. The zero-order valence-corrected chi connectivity index (χ0v) is 10.8. The fourth-order valence-electron chi connectivity index (χ4n) is 3.31. The molecule has 0 amide bonds. The van der Waals surface area contributed by atoms with Crippen LogP contribution >= 0.6 is 0 Å². The molecule has 0 spiro atoms. The van der Waals surface area contributed by atoms with Gasteiger partial charge in [0.1, 0.15) is 0 Å². The van der Waals surface area contributed by atoms with E-state index in [-0.39, 0.29) is 0 Å². The predicted octanol–water partition coefficient (Wildman–Crippen LogP) is 3.68. The van der Waals surface area contributed by atoms with Gasteiger partial charge in [-0.05, 0) is 45.1 Å². The van der Waals surface area contributed by atoms with Crippen molar-refractivity contribution in [2.24, 2.45) is 5.92 Å². The van der Waals surface area contributed by atoms with Gasteiger partial charge in [-0.2, -0.15) is 0 Å². The number of carbonyl (C=O) groups is 1. The van der Waals surface area contributed by atoms with E-state index in [1.54, 1.807) is 0 Å². The van der Waals surface area contributed by atoms with Crippen LogP contribution in [0.4, 0.5) is 0 Å². The van der Waals surface area contributed by atoms with Gasteiger partial charge in [-0.1, -0.05) is 12.8 Å². The van der Waals surface area contributed by atoms with Gasteiger partial charge in [-0.25, -0.2) is 0 Å². The van der Waals surface area contributed by atoms with Gasteiger partial charge in [0.05, 0.1) is 0 Å². The fourth-order valence-corrected chi connectivity index (χ4v) is 3.31. The molecule has 1 atom stereocenters. The van der Waals surface area contributed by atoms with E-state index in [0.29, 0.717) is 11.8 Å². The molecule has 1 heterocycles. The number of aryl methyl sites for hydroxylation is 1. The van der Waals surface area contributed by atoms with E-state index in [9.17, 15) is 4.79 Å². The quantitative estimate of drug-likeness (QED) is 0.778. The van der Waals surface area contributed by atoms with Gasteiger partial charge in [0.15, 0.2) is 5.78 Å². The van der Waals surface area contributed by atoms with E-state index in [0.717, 1.165) is 30.7 Å². The van der Waals surface area contributed by atoms with Crippen LogP contribution in [-0.2, 0) is 6.42 Å². The van der Waals surface area contributed by atoms with Crippen molar-refractivity contribution in [2.45, 2.75) is 58.4 Å². The summed E-state index contributed by atoms with van der Waals surface area (Å²) >= 11 is 0. The number of hydrogen-bond acceptors (Lipinski definition) is 1. The molecule has 0 N–H and O–H groups in total. The monoisotopic (exact) mass is 231 g/mol. The highest BCUT2D eigenvalue weighted by atomic mass is 16.1. The third-order valence-corrected chi connectivity index (χ3v) is 4.26. The van der Waals surface area contributed by atoms with Crippen molar-refractivity contribution >= 4 is 5.78 Å². The number of hydrogen-bond donors (Lipinski definition) is 0.